The van der Waals surface area contributed by atoms with Crippen LogP contribution in [0.4, 0.5) is 11.4 Å². The molecule has 0 unspecified atom stereocenters. The van der Waals surface area contributed by atoms with E-state index in [4.69, 9.17) is 0 Å². The predicted octanol–water partition coefficient (Wildman–Crippen LogP) is 1.60. The molecule has 0 saturated heterocycles. The van der Waals surface area contributed by atoms with Crippen LogP contribution in [0.5, 0.6) is 0 Å². The van der Waals surface area contributed by atoms with Crippen LogP contribution in [0.25, 0.3) is 0 Å². The van der Waals surface area contributed by atoms with E-state index >= 15 is 0 Å². The molecule has 3 heterocycles. The summed E-state index contributed by atoms with van der Waals surface area (Å²) in [7, 11) is 0. The molecule has 132 valence electrons. The van der Waals surface area contributed by atoms with E-state index in [2.05, 4.69) is 25.6 Å². The second kappa shape index (κ2) is 6.43. The number of nitrogens with zero attached hydrogens (tertiary/aromatic N) is 5. The molecule has 2 N–H and O–H groups in total. The van der Waals surface area contributed by atoms with E-state index in [9.17, 15) is 9.59 Å². The number of aromatic nitrogens is 5. The smallest absolute Gasteiger partial charge is 0.292 e. The Labute approximate surface area is 149 Å². The molecule has 26 heavy (non-hydrogen) atoms. The molecule has 1 atom stereocenters. The first-order valence-electron chi connectivity index (χ1n) is 8.21. The zero-order valence-corrected chi connectivity index (χ0v) is 14.1. The number of aromatic amines is 1. The minimum atomic E-state index is -0.377. The van der Waals surface area contributed by atoms with Gasteiger partial charge in [0.25, 0.3) is 5.91 Å². The third-order valence-electron chi connectivity index (χ3n) is 4.42. The van der Waals surface area contributed by atoms with Crippen LogP contribution in [0.2, 0.25) is 0 Å². The lowest BCUT2D eigenvalue weighted by Gasteiger charge is -2.34. The van der Waals surface area contributed by atoms with Crippen LogP contribution in [0.1, 0.15) is 35.6 Å². The van der Waals surface area contributed by atoms with Gasteiger partial charge in [-0.2, -0.15) is 10.2 Å². The molecule has 0 bridgehead atoms. The van der Waals surface area contributed by atoms with Crippen LogP contribution >= 0.6 is 0 Å². The van der Waals surface area contributed by atoms with Gasteiger partial charge in [0.1, 0.15) is 6.33 Å². The summed E-state index contributed by atoms with van der Waals surface area (Å²) in [6.45, 7) is 2.17. The van der Waals surface area contributed by atoms with Gasteiger partial charge in [-0.05, 0) is 30.7 Å². The highest BCUT2D eigenvalue weighted by Gasteiger charge is 2.29. The number of fused-ring (bicyclic) bond motifs is 1. The van der Waals surface area contributed by atoms with Gasteiger partial charge in [-0.15, -0.1) is 0 Å². The first-order valence-corrected chi connectivity index (χ1v) is 8.21. The minimum Gasteiger partial charge on any atom is -0.319 e. The van der Waals surface area contributed by atoms with Gasteiger partial charge in [0, 0.05) is 42.8 Å². The Morgan fingerprint density at radius 2 is 2.23 bits per heavy atom. The third-order valence-corrected chi connectivity index (χ3v) is 4.42. The third kappa shape index (κ3) is 2.83. The van der Waals surface area contributed by atoms with Crippen molar-refractivity contribution in [3.05, 3.63) is 54.4 Å². The summed E-state index contributed by atoms with van der Waals surface area (Å²) in [6.07, 6.45) is 5.65. The average molecular weight is 351 g/mol. The normalized spacial score (nSPS) is 16.2. The lowest BCUT2D eigenvalue weighted by Crippen LogP contribution is -2.36. The maximum absolute atomic E-state index is 12.2. The van der Waals surface area contributed by atoms with Gasteiger partial charge >= 0.3 is 0 Å². The number of nitrogens with one attached hydrogen (secondary N) is 2. The average Bonchev–Trinajstić information content (AvgIpc) is 3.34. The molecule has 0 spiro atoms. The van der Waals surface area contributed by atoms with Crippen LogP contribution in [-0.4, -0.2) is 43.3 Å². The van der Waals surface area contributed by atoms with Crippen LogP contribution < -0.4 is 10.2 Å². The fourth-order valence-electron chi connectivity index (χ4n) is 3.24. The fourth-order valence-corrected chi connectivity index (χ4v) is 3.24. The largest absolute Gasteiger partial charge is 0.319 e. The molecule has 3 aromatic rings. The molecule has 2 amide bonds. The fraction of sp³-hybridized carbons (Fsp3) is 0.235. The van der Waals surface area contributed by atoms with Gasteiger partial charge in [-0.1, -0.05) is 0 Å². The molecule has 1 aromatic carbocycles. The summed E-state index contributed by atoms with van der Waals surface area (Å²) < 4.78 is 1.87. The summed E-state index contributed by atoms with van der Waals surface area (Å²) in [4.78, 5) is 29.8. The number of amides is 2. The topological polar surface area (TPSA) is 109 Å². The monoisotopic (exact) mass is 351 g/mol. The van der Waals surface area contributed by atoms with Crippen molar-refractivity contribution in [3.63, 3.8) is 0 Å². The second-order valence-corrected chi connectivity index (χ2v) is 6.02. The molecule has 0 fully saturated rings. The Morgan fingerprint density at radius 3 is 2.92 bits per heavy atom. The van der Waals surface area contributed by atoms with Gasteiger partial charge in [0.05, 0.1) is 6.04 Å². The SMILES string of the molecule is CC(=O)N1CC[C@H](n2cccn2)c2cc(NC(=O)c3ncn[nH]3)ccc21. The van der Waals surface area contributed by atoms with Gasteiger partial charge in [0.15, 0.2) is 0 Å². The first-order chi connectivity index (χ1) is 12.6. The Kier molecular flexibility index (Phi) is 3.96. The van der Waals surface area contributed by atoms with Crippen molar-refractivity contribution in [2.75, 3.05) is 16.8 Å². The highest BCUT2D eigenvalue weighted by atomic mass is 16.2. The molecule has 1 aliphatic heterocycles. The highest BCUT2D eigenvalue weighted by molar-refractivity contribution is 6.02. The number of benzene rings is 1. The lowest BCUT2D eigenvalue weighted by molar-refractivity contribution is -0.116. The molecule has 0 aliphatic carbocycles. The van der Waals surface area contributed by atoms with E-state index in [-0.39, 0.29) is 23.7 Å². The lowest BCUT2D eigenvalue weighted by atomic mass is 9.95. The molecular weight excluding hydrogens is 334 g/mol. The molecule has 9 nitrogen and oxygen atoms in total. The summed E-state index contributed by atoms with van der Waals surface area (Å²) >= 11 is 0. The van der Waals surface area contributed by atoms with E-state index in [1.807, 2.05) is 29.1 Å². The zero-order chi connectivity index (χ0) is 18.1. The van der Waals surface area contributed by atoms with Crippen molar-refractivity contribution in [1.82, 2.24) is 25.0 Å². The summed E-state index contributed by atoms with van der Waals surface area (Å²) in [6, 6.07) is 7.37. The van der Waals surface area contributed by atoms with Gasteiger partial charge in [0.2, 0.25) is 11.7 Å². The van der Waals surface area contributed by atoms with Crippen molar-refractivity contribution in [2.24, 2.45) is 0 Å². The summed E-state index contributed by atoms with van der Waals surface area (Å²) in [5.74, 6) is -0.252. The number of H-pyrrole nitrogens is 1. The van der Waals surface area contributed by atoms with Crippen LogP contribution in [-0.2, 0) is 4.79 Å². The van der Waals surface area contributed by atoms with Gasteiger partial charge < -0.3 is 10.2 Å². The molecule has 0 saturated carbocycles. The zero-order valence-electron chi connectivity index (χ0n) is 14.1. The summed E-state index contributed by atoms with van der Waals surface area (Å²) in [5.41, 5.74) is 2.39. The number of carbonyl (C=O) groups is 2. The number of hydrogen-bond acceptors (Lipinski definition) is 5. The maximum atomic E-state index is 12.2. The number of hydrogen-bond donors (Lipinski definition) is 2. The number of rotatable bonds is 3. The molecule has 1 aliphatic rings. The Hall–Kier alpha value is -3.49. The number of anilines is 2. The van der Waals surface area contributed by atoms with Gasteiger partial charge in [-0.3, -0.25) is 19.4 Å². The number of carbonyl (C=O) groups excluding carboxylic acids is 2. The molecule has 4 rings (SSSR count). The van der Waals surface area contributed by atoms with E-state index in [0.717, 1.165) is 17.7 Å². The van der Waals surface area contributed by atoms with Crippen LogP contribution in [0, 0.1) is 0 Å². The second-order valence-electron chi connectivity index (χ2n) is 6.02. The molecular formula is C17H17N7O2. The standard InChI is InChI=1S/C17H17N7O2/c1-11(25)23-8-5-15(24-7-2-6-20-24)13-9-12(3-4-14(13)23)21-17(26)16-18-10-19-22-16/h2-4,6-7,9-10,15H,5,8H2,1H3,(H,21,26)(H,18,19,22)/t15-/m0/s1. The predicted molar refractivity (Wildman–Crippen MR) is 93.8 cm³/mol. The molecule has 9 heteroatoms. The maximum Gasteiger partial charge on any atom is 0.292 e. The van der Waals surface area contributed by atoms with Crippen molar-refractivity contribution in [3.8, 4) is 0 Å². The van der Waals surface area contributed by atoms with Crippen molar-refractivity contribution >= 4 is 23.2 Å². The Balaban J connectivity index is 1.70. The Bertz CT molecular complexity index is 934. The van der Waals surface area contributed by atoms with Gasteiger partial charge in [-0.25, -0.2) is 4.98 Å². The Morgan fingerprint density at radius 1 is 1.35 bits per heavy atom. The van der Waals surface area contributed by atoms with Crippen LogP contribution in [0.15, 0.2) is 43.0 Å². The van der Waals surface area contributed by atoms with Crippen molar-refractivity contribution in [1.29, 1.82) is 0 Å². The van der Waals surface area contributed by atoms with E-state index < -0.39 is 0 Å². The molecule has 2 aromatic heterocycles. The van der Waals surface area contributed by atoms with E-state index in [1.165, 1.54) is 6.33 Å². The minimum absolute atomic E-state index is 0.00210. The van der Waals surface area contributed by atoms with Crippen LogP contribution in [0.3, 0.4) is 0 Å². The quantitative estimate of drug-likeness (QED) is 0.745. The van der Waals surface area contributed by atoms with Crippen molar-refractivity contribution < 1.29 is 9.59 Å². The summed E-state index contributed by atoms with van der Waals surface area (Å²) in [5, 5.41) is 13.4. The highest BCUT2D eigenvalue weighted by Crippen LogP contribution is 2.37. The van der Waals surface area contributed by atoms with E-state index in [0.29, 0.717) is 12.2 Å². The molecule has 0 radical (unpaired) electrons. The van der Waals surface area contributed by atoms with E-state index in [1.54, 1.807) is 24.1 Å². The van der Waals surface area contributed by atoms with Crippen molar-refractivity contribution in [2.45, 2.75) is 19.4 Å². The first kappa shape index (κ1) is 16.0.